The lowest BCUT2D eigenvalue weighted by atomic mass is 9.68. The van der Waals surface area contributed by atoms with Crippen LogP contribution in [0.4, 0.5) is 0 Å². The SMILES string of the molecule is O=C(O)C1(C(=O)NCc2cc(Br)cs2)CCC1. The summed E-state index contributed by atoms with van der Waals surface area (Å²) in [6, 6.07) is 1.92. The van der Waals surface area contributed by atoms with Gasteiger partial charge < -0.3 is 10.4 Å². The van der Waals surface area contributed by atoms with Gasteiger partial charge >= 0.3 is 5.97 Å². The second kappa shape index (κ2) is 4.78. The Morgan fingerprint density at radius 1 is 1.53 bits per heavy atom. The molecular weight excluding hydrogens is 306 g/mol. The second-order valence-electron chi connectivity index (χ2n) is 4.15. The summed E-state index contributed by atoms with van der Waals surface area (Å²) in [5.74, 6) is -1.37. The summed E-state index contributed by atoms with van der Waals surface area (Å²) in [5, 5.41) is 13.7. The van der Waals surface area contributed by atoms with Crippen LogP contribution in [0.1, 0.15) is 24.1 Å². The molecule has 1 aliphatic carbocycles. The minimum Gasteiger partial charge on any atom is -0.480 e. The van der Waals surface area contributed by atoms with Crippen LogP contribution >= 0.6 is 27.3 Å². The number of halogens is 1. The van der Waals surface area contributed by atoms with E-state index in [2.05, 4.69) is 21.2 Å². The summed E-state index contributed by atoms with van der Waals surface area (Å²) in [4.78, 5) is 24.0. The largest absolute Gasteiger partial charge is 0.480 e. The smallest absolute Gasteiger partial charge is 0.319 e. The van der Waals surface area contributed by atoms with Crippen LogP contribution in [0.3, 0.4) is 0 Å². The van der Waals surface area contributed by atoms with Crippen LogP contribution in [0.15, 0.2) is 15.9 Å². The van der Waals surface area contributed by atoms with Crippen LogP contribution in [0, 0.1) is 5.41 Å². The molecule has 1 fully saturated rings. The van der Waals surface area contributed by atoms with Gasteiger partial charge in [0.2, 0.25) is 5.91 Å². The average molecular weight is 318 g/mol. The number of aliphatic carboxylic acids is 1. The van der Waals surface area contributed by atoms with Crippen LogP contribution in [-0.4, -0.2) is 17.0 Å². The molecule has 92 valence electrons. The van der Waals surface area contributed by atoms with E-state index in [0.717, 1.165) is 15.8 Å². The molecule has 1 aromatic heterocycles. The van der Waals surface area contributed by atoms with Crippen LogP contribution < -0.4 is 5.32 Å². The highest BCUT2D eigenvalue weighted by Crippen LogP contribution is 2.41. The maximum atomic E-state index is 11.9. The van der Waals surface area contributed by atoms with Crippen LogP contribution in [0.5, 0.6) is 0 Å². The predicted octanol–water partition coefficient (Wildman–Crippen LogP) is 2.38. The average Bonchev–Trinajstić information content (AvgIpc) is 2.59. The highest BCUT2D eigenvalue weighted by atomic mass is 79.9. The zero-order valence-corrected chi connectivity index (χ0v) is 11.4. The lowest BCUT2D eigenvalue weighted by molar-refractivity contribution is -0.162. The third kappa shape index (κ3) is 2.37. The number of carboxylic acid groups (broad SMARTS) is 1. The van der Waals surface area contributed by atoms with Crippen LogP contribution in [0.25, 0.3) is 0 Å². The molecule has 0 spiro atoms. The van der Waals surface area contributed by atoms with Gasteiger partial charge in [-0.1, -0.05) is 6.42 Å². The molecular formula is C11H12BrNO3S. The van der Waals surface area contributed by atoms with Crippen molar-refractivity contribution in [1.82, 2.24) is 5.32 Å². The third-order valence-electron chi connectivity index (χ3n) is 3.10. The molecule has 0 radical (unpaired) electrons. The van der Waals surface area contributed by atoms with Crippen molar-refractivity contribution < 1.29 is 14.7 Å². The van der Waals surface area contributed by atoms with Gasteiger partial charge in [0.1, 0.15) is 5.41 Å². The molecule has 2 N–H and O–H groups in total. The van der Waals surface area contributed by atoms with Crippen molar-refractivity contribution in [2.24, 2.45) is 5.41 Å². The van der Waals surface area contributed by atoms with Gasteiger partial charge in [-0.2, -0.15) is 0 Å². The zero-order valence-electron chi connectivity index (χ0n) is 9.03. The highest BCUT2D eigenvalue weighted by Gasteiger charge is 2.50. The van der Waals surface area contributed by atoms with Crippen molar-refractivity contribution in [3.8, 4) is 0 Å². The molecule has 0 unspecified atom stereocenters. The number of carbonyl (C=O) groups is 2. The fraction of sp³-hybridized carbons (Fsp3) is 0.455. The minimum atomic E-state index is -1.17. The van der Waals surface area contributed by atoms with Crippen LogP contribution in [0.2, 0.25) is 0 Å². The van der Waals surface area contributed by atoms with Crippen molar-refractivity contribution >= 4 is 39.1 Å². The fourth-order valence-corrected chi connectivity index (χ4v) is 3.24. The maximum absolute atomic E-state index is 11.9. The standard InChI is InChI=1S/C11H12BrNO3S/c12-7-4-8(17-6-7)5-13-9(14)11(10(15)16)2-1-3-11/h4,6H,1-3,5H2,(H,13,14)(H,15,16). The first-order valence-electron chi connectivity index (χ1n) is 5.29. The van der Waals surface area contributed by atoms with Gasteiger partial charge in [-0.15, -0.1) is 11.3 Å². The van der Waals surface area contributed by atoms with Crippen molar-refractivity contribution in [2.45, 2.75) is 25.8 Å². The van der Waals surface area contributed by atoms with E-state index in [1.54, 1.807) is 0 Å². The molecule has 0 saturated heterocycles. The highest BCUT2D eigenvalue weighted by molar-refractivity contribution is 9.10. The second-order valence-corrected chi connectivity index (χ2v) is 6.07. The van der Waals surface area contributed by atoms with E-state index in [-0.39, 0.29) is 5.91 Å². The molecule has 0 bridgehead atoms. The van der Waals surface area contributed by atoms with Gasteiger partial charge in [-0.05, 0) is 34.8 Å². The summed E-state index contributed by atoms with van der Waals surface area (Å²) < 4.78 is 0.975. The Morgan fingerprint density at radius 2 is 2.24 bits per heavy atom. The van der Waals surface area contributed by atoms with Crippen molar-refractivity contribution in [3.63, 3.8) is 0 Å². The summed E-state index contributed by atoms with van der Waals surface area (Å²) in [7, 11) is 0. The van der Waals surface area contributed by atoms with Crippen molar-refractivity contribution in [1.29, 1.82) is 0 Å². The van der Waals surface area contributed by atoms with E-state index in [9.17, 15) is 9.59 Å². The van der Waals surface area contributed by atoms with Gasteiger partial charge in [0.15, 0.2) is 0 Å². The molecule has 2 rings (SSSR count). The first-order valence-corrected chi connectivity index (χ1v) is 6.96. The number of thiophene rings is 1. The van der Waals surface area contributed by atoms with E-state index in [0.29, 0.717) is 19.4 Å². The lowest BCUT2D eigenvalue weighted by Crippen LogP contribution is -2.50. The number of carboxylic acids is 1. The molecule has 1 saturated carbocycles. The lowest BCUT2D eigenvalue weighted by Gasteiger charge is -2.35. The topological polar surface area (TPSA) is 66.4 Å². The third-order valence-corrected chi connectivity index (χ3v) is 4.79. The van der Waals surface area contributed by atoms with E-state index >= 15 is 0 Å². The van der Waals surface area contributed by atoms with E-state index in [4.69, 9.17) is 5.11 Å². The molecule has 4 nitrogen and oxygen atoms in total. The molecule has 6 heteroatoms. The number of hydrogen-bond donors (Lipinski definition) is 2. The van der Waals surface area contributed by atoms with E-state index in [1.807, 2.05) is 11.4 Å². The van der Waals surface area contributed by atoms with Gasteiger partial charge in [-0.25, -0.2) is 0 Å². The predicted molar refractivity (Wildman–Crippen MR) is 67.8 cm³/mol. The Labute approximate surface area is 111 Å². The van der Waals surface area contributed by atoms with E-state index in [1.165, 1.54) is 11.3 Å². The number of hydrogen-bond acceptors (Lipinski definition) is 3. The minimum absolute atomic E-state index is 0.360. The quantitative estimate of drug-likeness (QED) is 0.838. The first-order chi connectivity index (χ1) is 8.04. The van der Waals surface area contributed by atoms with Crippen molar-refractivity contribution in [3.05, 3.63) is 20.8 Å². The summed E-state index contributed by atoms with van der Waals surface area (Å²) >= 11 is 4.86. The number of amides is 1. The van der Waals surface area contributed by atoms with Gasteiger partial charge in [-0.3, -0.25) is 9.59 Å². The molecule has 17 heavy (non-hydrogen) atoms. The molecule has 1 aliphatic rings. The Kier molecular flexibility index (Phi) is 3.53. The Bertz CT molecular complexity index is 453. The number of rotatable bonds is 4. The number of carbonyl (C=O) groups excluding carboxylic acids is 1. The molecule has 1 amide bonds. The summed E-state index contributed by atoms with van der Waals surface area (Å²) in [6.45, 7) is 0.393. The van der Waals surface area contributed by atoms with E-state index < -0.39 is 11.4 Å². The fourth-order valence-electron chi connectivity index (χ4n) is 1.85. The summed E-state index contributed by atoms with van der Waals surface area (Å²) in [5.41, 5.74) is -1.17. The maximum Gasteiger partial charge on any atom is 0.319 e. The Morgan fingerprint density at radius 3 is 2.65 bits per heavy atom. The molecule has 1 aromatic rings. The molecule has 1 heterocycles. The Balaban J connectivity index is 1.95. The van der Waals surface area contributed by atoms with Crippen LogP contribution in [-0.2, 0) is 16.1 Å². The summed E-state index contributed by atoms with van der Waals surface area (Å²) in [6.07, 6.45) is 1.70. The normalized spacial score (nSPS) is 17.2. The van der Waals surface area contributed by atoms with Crippen molar-refractivity contribution in [2.75, 3.05) is 0 Å². The zero-order chi connectivity index (χ0) is 12.5. The van der Waals surface area contributed by atoms with Gasteiger partial charge in [0, 0.05) is 14.7 Å². The molecule has 0 aliphatic heterocycles. The van der Waals surface area contributed by atoms with Gasteiger partial charge in [0.05, 0.1) is 6.54 Å². The monoisotopic (exact) mass is 317 g/mol. The molecule has 0 atom stereocenters. The van der Waals surface area contributed by atoms with Gasteiger partial charge in [0.25, 0.3) is 0 Å². The Hall–Kier alpha value is -0.880. The number of nitrogens with one attached hydrogen (secondary N) is 1. The molecule has 0 aromatic carbocycles. The first kappa shape index (κ1) is 12.6.